The van der Waals surface area contributed by atoms with Gasteiger partial charge in [-0.05, 0) is 29.8 Å². The second kappa shape index (κ2) is 8.84. The number of benzene rings is 2. The van der Waals surface area contributed by atoms with Crippen molar-refractivity contribution in [1.82, 2.24) is 9.47 Å². The van der Waals surface area contributed by atoms with Gasteiger partial charge in [-0.25, -0.2) is 0 Å². The molecular formula is C22H22ClN3O3. The zero-order valence-corrected chi connectivity index (χ0v) is 17.2. The van der Waals surface area contributed by atoms with Gasteiger partial charge in [-0.15, -0.1) is 0 Å². The number of nitrogens with zero attached hydrogens (tertiary/aromatic N) is 2. The molecule has 2 aromatic carbocycles. The van der Waals surface area contributed by atoms with Crippen LogP contribution in [0.4, 0.5) is 5.69 Å². The van der Waals surface area contributed by atoms with E-state index in [0.29, 0.717) is 34.3 Å². The van der Waals surface area contributed by atoms with Gasteiger partial charge >= 0.3 is 0 Å². The largest absolute Gasteiger partial charge is 0.496 e. The normalized spacial score (nSPS) is 10.5. The maximum absolute atomic E-state index is 13.0. The number of carbonyl (C=O) groups excluding carboxylic acids is 2. The Bertz CT molecular complexity index is 1030. The molecule has 0 saturated carbocycles. The van der Waals surface area contributed by atoms with Crippen LogP contribution >= 0.6 is 11.6 Å². The first-order valence-corrected chi connectivity index (χ1v) is 9.40. The number of anilines is 1. The van der Waals surface area contributed by atoms with Crippen molar-refractivity contribution >= 4 is 29.1 Å². The van der Waals surface area contributed by atoms with Crippen LogP contribution in [0.25, 0.3) is 5.69 Å². The first kappa shape index (κ1) is 20.5. The highest BCUT2D eigenvalue weighted by atomic mass is 35.5. The lowest BCUT2D eigenvalue weighted by molar-refractivity contribution is -0.128. The van der Waals surface area contributed by atoms with Gasteiger partial charge in [-0.3, -0.25) is 9.59 Å². The molecule has 7 heteroatoms. The summed E-state index contributed by atoms with van der Waals surface area (Å²) in [4.78, 5) is 26.1. The smallest absolute Gasteiger partial charge is 0.259 e. The second-order valence-electron chi connectivity index (χ2n) is 6.58. The SMILES string of the molecule is COc1cc(-n2cccc2)c(Cl)cc1C(=O)Nc1ccccc1CN(C)C(C)=O. The Morgan fingerprint density at radius 2 is 1.83 bits per heavy atom. The molecule has 0 aliphatic carbocycles. The molecule has 29 heavy (non-hydrogen) atoms. The number of carbonyl (C=O) groups is 2. The van der Waals surface area contributed by atoms with Crippen molar-refractivity contribution in [1.29, 1.82) is 0 Å². The van der Waals surface area contributed by atoms with Gasteiger partial charge in [0, 0.05) is 44.7 Å². The highest BCUT2D eigenvalue weighted by Gasteiger charge is 2.18. The van der Waals surface area contributed by atoms with Crippen molar-refractivity contribution in [3.8, 4) is 11.4 Å². The molecule has 0 unspecified atom stereocenters. The van der Waals surface area contributed by atoms with Gasteiger partial charge in [-0.1, -0.05) is 29.8 Å². The van der Waals surface area contributed by atoms with Crippen molar-refractivity contribution in [2.45, 2.75) is 13.5 Å². The van der Waals surface area contributed by atoms with Gasteiger partial charge in [0.1, 0.15) is 5.75 Å². The third kappa shape index (κ3) is 4.60. The fourth-order valence-electron chi connectivity index (χ4n) is 2.92. The van der Waals surface area contributed by atoms with Crippen LogP contribution in [0, 0.1) is 0 Å². The third-order valence-corrected chi connectivity index (χ3v) is 4.91. The van der Waals surface area contributed by atoms with E-state index in [1.54, 1.807) is 30.1 Å². The number of para-hydroxylation sites is 1. The van der Waals surface area contributed by atoms with Crippen LogP contribution in [0.15, 0.2) is 60.9 Å². The standard InChI is InChI=1S/C22H22ClN3O3/c1-15(27)25(2)14-16-8-4-5-9-19(16)24-22(28)17-12-18(23)20(13-21(17)29-3)26-10-6-7-11-26/h4-13H,14H2,1-3H3,(H,24,28). The number of hydrogen-bond acceptors (Lipinski definition) is 3. The van der Waals surface area contributed by atoms with Crippen molar-refractivity contribution in [2.75, 3.05) is 19.5 Å². The first-order valence-electron chi connectivity index (χ1n) is 9.02. The van der Waals surface area contributed by atoms with Gasteiger partial charge in [0.25, 0.3) is 5.91 Å². The fourth-order valence-corrected chi connectivity index (χ4v) is 3.18. The van der Waals surface area contributed by atoms with Gasteiger partial charge in [0.05, 0.1) is 23.4 Å². The molecule has 0 atom stereocenters. The molecule has 0 saturated heterocycles. The predicted octanol–water partition coefficient (Wildman–Crippen LogP) is 4.37. The fraction of sp³-hybridized carbons (Fsp3) is 0.182. The Balaban J connectivity index is 1.90. The van der Waals surface area contributed by atoms with Gasteiger partial charge in [0.15, 0.2) is 0 Å². The number of nitrogens with one attached hydrogen (secondary N) is 1. The molecular weight excluding hydrogens is 390 g/mol. The van der Waals surface area contributed by atoms with Crippen LogP contribution in [0.2, 0.25) is 5.02 Å². The average Bonchev–Trinajstić information content (AvgIpc) is 3.23. The number of amides is 2. The van der Waals surface area contributed by atoms with Crippen LogP contribution in [-0.2, 0) is 11.3 Å². The molecule has 0 spiro atoms. The molecule has 150 valence electrons. The molecule has 3 rings (SSSR count). The maximum atomic E-state index is 13.0. The highest BCUT2D eigenvalue weighted by molar-refractivity contribution is 6.33. The number of aromatic nitrogens is 1. The number of rotatable bonds is 6. The molecule has 1 heterocycles. The van der Waals surface area contributed by atoms with Gasteiger partial charge in [-0.2, -0.15) is 0 Å². The minimum absolute atomic E-state index is 0.0554. The molecule has 1 N–H and O–H groups in total. The Morgan fingerprint density at radius 3 is 2.48 bits per heavy atom. The quantitative estimate of drug-likeness (QED) is 0.655. The summed E-state index contributed by atoms with van der Waals surface area (Å²) in [5.74, 6) is 0.00912. The molecule has 0 aliphatic rings. The number of ether oxygens (including phenoxy) is 1. The molecule has 0 aliphatic heterocycles. The van der Waals surface area contributed by atoms with Crippen molar-refractivity contribution in [3.63, 3.8) is 0 Å². The van der Waals surface area contributed by atoms with E-state index >= 15 is 0 Å². The monoisotopic (exact) mass is 411 g/mol. The molecule has 6 nitrogen and oxygen atoms in total. The van der Waals surface area contributed by atoms with Gasteiger partial charge < -0.3 is 19.5 Å². The Labute approximate surface area is 174 Å². The van der Waals surface area contributed by atoms with Crippen molar-refractivity contribution in [3.05, 3.63) is 77.1 Å². The van der Waals surface area contributed by atoms with E-state index in [4.69, 9.17) is 16.3 Å². The van der Waals surface area contributed by atoms with E-state index in [1.807, 2.05) is 47.3 Å². The summed E-state index contributed by atoms with van der Waals surface area (Å²) < 4.78 is 7.29. The van der Waals surface area contributed by atoms with E-state index in [2.05, 4.69) is 5.32 Å². The van der Waals surface area contributed by atoms with Crippen molar-refractivity contribution in [2.24, 2.45) is 0 Å². The zero-order chi connectivity index (χ0) is 21.0. The Hall–Kier alpha value is -3.25. The van der Waals surface area contributed by atoms with Crippen LogP contribution < -0.4 is 10.1 Å². The summed E-state index contributed by atoms with van der Waals surface area (Å²) in [5, 5.41) is 3.33. The van der Waals surface area contributed by atoms with E-state index in [9.17, 15) is 9.59 Å². The minimum Gasteiger partial charge on any atom is -0.496 e. The topological polar surface area (TPSA) is 63.6 Å². The summed E-state index contributed by atoms with van der Waals surface area (Å²) >= 11 is 6.43. The van der Waals surface area contributed by atoms with E-state index in [-0.39, 0.29) is 11.8 Å². The zero-order valence-electron chi connectivity index (χ0n) is 16.5. The van der Waals surface area contributed by atoms with E-state index in [0.717, 1.165) is 5.56 Å². The molecule has 0 fully saturated rings. The number of hydrogen-bond donors (Lipinski definition) is 1. The predicted molar refractivity (Wildman–Crippen MR) is 114 cm³/mol. The first-order chi connectivity index (χ1) is 13.9. The highest BCUT2D eigenvalue weighted by Crippen LogP contribution is 2.31. The minimum atomic E-state index is -0.347. The van der Waals surface area contributed by atoms with Gasteiger partial charge in [0.2, 0.25) is 5.91 Å². The summed E-state index contributed by atoms with van der Waals surface area (Å²) in [6.07, 6.45) is 3.73. The lowest BCUT2D eigenvalue weighted by Gasteiger charge is -2.18. The Morgan fingerprint density at radius 1 is 1.14 bits per heavy atom. The Kier molecular flexibility index (Phi) is 6.24. The second-order valence-corrected chi connectivity index (χ2v) is 6.99. The number of halogens is 1. The van der Waals surface area contributed by atoms with Crippen LogP contribution in [0.1, 0.15) is 22.8 Å². The van der Waals surface area contributed by atoms with Crippen LogP contribution in [0.5, 0.6) is 5.75 Å². The molecule has 1 aromatic heterocycles. The molecule has 0 radical (unpaired) electrons. The maximum Gasteiger partial charge on any atom is 0.259 e. The van der Waals surface area contributed by atoms with Crippen molar-refractivity contribution < 1.29 is 14.3 Å². The average molecular weight is 412 g/mol. The summed E-state index contributed by atoms with van der Waals surface area (Å²) in [7, 11) is 3.22. The van der Waals surface area contributed by atoms with Crippen LogP contribution in [0.3, 0.4) is 0 Å². The van der Waals surface area contributed by atoms with E-state index < -0.39 is 0 Å². The van der Waals surface area contributed by atoms with Crippen LogP contribution in [-0.4, -0.2) is 35.4 Å². The molecule has 2 amide bonds. The molecule has 3 aromatic rings. The summed E-state index contributed by atoms with van der Waals surface area (Å²) in [6.45, 7) is 1.89. The third-order valence-electron chi connectivity index (χ3n) is 4.61. The molecule has 0 bridgehead atoms. The summed E-state index contributed by atoms with van der Waals surface area (Å²) in [5.41, 5.74) is 2.49. The lowest BCUT2D eigenvalue weighted by Crippen LogP contribution is -2.24. The lowest BCUT2D eigenvalue weighted by atomic mass is 10.1. The number of methoxy groups -OCH3 is 1. The van der Waals surface area contributed by atoms with E-state index in [1.165, 1.54) is 14.0 Å². The summed E-state index contributed by atoms with van der Waals surface area (Å²) in [6, 6.07) is 14.4.